The summed E-state index contributed by atoms with van der Waals surface area (Å²) in [5.74, 6) is 0.994. The second kappa shape index (κ2) is 6.84. The van der Waals surface area contributed by atoms with Crippen molar-refractivity contribution in [2.45, 2.75) is 45.6 Å². The van der Waals surface area contributed by atoms with Crippen molar-refractivity contribution in [3.8, 4) is 0 Å². The third-order valence-corrected chi connectivity index (χ3v) is 3.35. The molecule has 0 spiro atoms. The monoisotopic (exact) mass is 260 g/mol. The van der Waals surface area contributed by atoms with Gasteiger partial charge in [-0.25, -0.2) is 4.79 Å². The molecule has 0 aromatic heterocycles. The van der Waals surface area contributed by atoms with Crippen molar-refractivity contribution in [3.05, 3.63) is 0 Å². The molecule has 0 aromatic rings. The number of carbonyl (C=O) groups excluding carboxylic acids is 2. The molecule has 4 nitrogen and oxygen atoms in total. The van der Waals surface area contributed by atoms with Gasteiger partial charge in [-0.15, -0.1) is 11.6 Å². The van der Waals surface area contributed by atoms with Crippen LogP contribution in [0, 0.1) is 5.92 Å². The maximum atomic E-state index is 11.9. The van der Waals surface area contributed by atoms with Gasteiger partial charge in [-0.3, -0.25) is 9.69 Å². The van der Waals surface area contributed by atoms with Gasteiger partial charge in [0.15, 0.2) is 0 Å². The number of nitrogens with one attached hydrogen (secondary N) is 1. The number of carbonyl (C=O) groups is 2. The lowest BCUT2D eigenvalue weighted by atomic mass is 10.0. The molecule has 0 aromatic carbocycles. The molecule has 1 fully saturated rings. The van der Waals surface area contributed by atoms with Crippen molar-refractivity contribution in [1.82, 2.24) is 10.2 Å². The number of halogens is 1. The first-order valence-electron chi connectivity index (χ1n) is 6.28. The SMILES string of the molecule is CCCC1NC(=O)N(CCC(C)CCCl)C1=O. The second-order valence-electron chi connectivity index (χ2n) is 4.65. The molecule has 1 aliphatic heterocycles. The van der Waals surface area contributed by atoms with Crippen molar-refractivity contribution >= 4 is 23.5 Å². The smallest absolute Gasteiger partial charge is 0.324 e. The van der Waals surface area contributed by atoms with Gasteiger partial charge in [0.2, 0.25) is 0 Å². The van der Waals surface area contributed by atoms with Crippen LogP contribution >= 0.6 is 11.6 Å². The van der Waals surface area contributed by atoms with Crippen LogP contribution in [0.25, 0.3) is 0 Å². The number of nitrogens with zero attached hydrogens (tertiary/aromatic N) is 1. The first kappa shape index (κ1) is 14.3. The average Bonchev–Trinajstić information content (AvgIpc) is 2.53. The van der Waals surface area contributed by atoms with Gasteiger partial charge in [-0.2, -0.15) is 0 Å². The highest BCUT2D eigenvalue weighted by Crippen LogP contribution is 2.15. The zero-order valence-electron chi connectivity index (χ0n) is 10.5. The highest BCUT2D eigenvalue weighted by Gasteiger charge is 2.36. The third-order valence-electron chi connectivity index (χ3n) is 3.13. The van der Waals surface area contributed by atoms with E-state index in [-0.39, 0.29) is 18.0 Å². The molecule has 1 N–H and O–H groups in total. The Morgan fingerprint density at radius 1 is 1.41 bits per heavy atom. The van der Waals surface area contributed by atoms with Crippen LogP contribution in [0.4, 0.5) is 4.79 Å². The molecule has 3 amide bonds. The van der Waals surface area contributed by atoms with Crippen LogP contribution < -0.4 is 5.32 Å². The second-order valence-corrected chi connectivity index (χ2v) is 5.03. The largest absolute Gasteiger partial charge is 0.326 e. The predicted molar refractivity (Wildman–Crippen MR) is 68.1 cm³/mol. The van der Waals surface area contributed by atoms with Crippen LogP contribution in [0.15, 0.2) is 0 Å². The lowest BCUT2D eigenvalue weighted by Crippen LogP contribution is -2.33. The van der Waals surface area contributed by atoms with Crippen LogP contribution in [0.5, 0.6) is 0 Å². The van der Waals surface area contributed by atoms with Gasteiger partial charge >= 0.3 is 6.03 Å². The van der Waals surface area contributed by atoms with E-state index < -0.39 is 0 Å². The summed E-state index contributed by atoms with van der Waals surface area (Å²) in [6.07, 6.45) is 3.36. The Bertz CT molecular complexity index is 284. The summed E-state index contributed by atoms with van der Waals surface area (Å²) in [6, 6.07) is -0.553. The Balaban J connectivity index is 2.43. The van der Waals surface area contributed by atoms with Crippen LogP contribution in [0.3, 0.4) is 0 Å². The first-order valence-corrected chi connectivity index (χ1v) is 6.81. The molecule has 1 heterocycles. The van der Waals surface area contributed by atoms with Gasteiger partial charge in [0, 0.05) is 12.4 Å². The molecule has 98 valence electrons. The summed E-state index contributed by atoms with van der Waals surface area (Å²) in [7, 11) is 0. The van der Waals surface area contributed by atoms with E-state index in [0.29, 0.717) is 18.3 Å². The topological polar surface area (TPSA) is 49.4 Å². The Hall–Kier alpha value is -0.770. The minimum absolute atomic E-state index is 0.0741. The maximum Gasteiger partial charge on any atom is 0.324 e. The molecular weight excluding hydrogens is 240 g/mol. The molecule has 5 heteroatoms. The predicted octanol–water partition coefficient (Wildman–Crippen LogP) is 2.36. The molecule has 2 atom stereocenters. The highest BCUT2D eigenvalue weighted by atomic mass is 35.5. The molecular formula is C12H21ClN2O2. The minimum atomic E-state index is -0.309. The van der Waals surface area contributed by atoms with Crippen molar-refractivity contribution in [2.75, 3.05) is 12.4 Å². The van der Waals surface area contributed by atoms with Crippen LogP contribution in [0.1, 0.15) is 39.5 Å². The van der Waals surface area contributed by atoms with E-state index in [1.807, 2.05) is 6.92 Å². The van der Waals surface area contributed by atoms with Crippen molar-refractivity contribution in [2.24, 2.45) is 5.92 Å². The van der Waals surface area contributed by atoms with E-state index in [0.717, 1.165) is 25.7 Å². The molecule has 0 saturated carbocycles. The Kier molecular flexibility index (Phi) is 5.75. The van der Waals surface area contributed by atoms with Gasteiger partial charge in [-0.05, 0) is 25.2 Å². The van der Waals surface area contributed by atoms with Gasteiger partial charge in [0.1, 0.15) is 6.04 Å². The number of urea groups is 1. The molecule has 1 rings (SSSR count). The zero-order chi connectivity index (χ0) is 12.8. The summed E-state index contributed by atoms with van der Waals surface area (Å²) < 4.78 is 0. The third kappa shape index (κ3) is 3.87. The van der Waals surface area contributed by atoms with Crippen LogP contribution in [-0.2, 0) is 4.79 Å². The Labute approximate surface area is 108 Å². The summed E-state index contributed by atoms with van der Waals surface area (Å²) in [5.41, 5.74) is 0. The van der Waals surface area contributed by atoms with Crippen LogP contribution in [0.2, 0.25) is 0 Å². The summed E-state index contributed by atoms with van der Waals surface area (Å²) >= 11 is 5.65. The Morgan fingerprint density at radius 2 is 2.12 bits per heavy atom. The van der Waals surface area contributed by atoms with Crippen molar-refractivity contribution in [3.63, 3.8) is 0 Å². The number of alkyl halides is 1. The van der Waals surface area contributed by atoms with E-state index in [1.165, 1.54) is 4.90 Å². The highest BCUT2D eigenvalue weighted by molar-refractivity contribution is 6.17. The molecule has 2 unspecified atom stereocenters. The van der Waals surface area contributed by atoms with Gasteiger partial charge in [-0.1, -0.05) is 20.3 Å². The fourth-order valence-corrected chi connectivity index (χ4v) is 2.33. The maximum absolute atomic E-state index is 11.9. The standard InChI is InChI=1S/C12H21ClN2O2/c1-3-4-10-11(16)15(12(17)14-10)8-6-9(2)5-7-13/h9-10H,3-8H2,1-2H3,(H,14,17). The van der Waals surface area contributed by atoms with E-state index in [4.69, 9.17) is 11.6 Å². The summed E-state index contributed by atoms with van der Waals surface area (Å²) in [6.45, 7) is 4.60. The van der Waals surface area contributed by atoms with E-state index in [9.17, 15) is 9.59 Å². The minimum Gasteiger partial charge on any atom is -0.326 e. The molecule has 0 aliphatic carbocycles. The van der Waals surface area contributed by atoms with E-state index >= 15 is 0 Å². The number of rotatable bonds is 7. The van der Waals surface area contributed by atoms with Gasteiger partial charge in [0.05, 0.1) is 0 Å². The molecule has 0 bridgehead atoms. The van der Waals surface area contributed by atoms with E-state index in [2.05, 4.69) is 12.2 Å². The quantitative estimate of drug-likeness (QED) is 0.564. The zero-order valence-corrected chi connectivity index (χ0v) is 11.3. The fourth-order valence-electron chi connectivity index (χ4n) is 1.95. The van der Waals surface area contributed by atoms with Gasteiger partial charge < -0.3 is 5.32 Å². The fraction of sp³-hybridized carbons (Fsp3) is 0.833. The lowest BCUT2D eigenvalue weighted by Gasteiger charge is -2.15. The molecule has 17 heavy (non-hydrogen) atoms. The summed E-state index contributed by atoms with van der Waals surface area (Å²) in [4.78, 5) is 24.8. The number of imide groups is 1. The van der Waals surface area contributed by atoms with Crippen molar-refractivity contribution < 1.29 is 9.59 Å². The number of hydrogen-bond donors (Lipinski definition) is 1. The van der Waals surface area contributed by atoms with Crippen LogP contribution in [-0.4, -0.2) is 35.3 Å². The average molecular weight is 261 g/mol. The molecule has 0 radical (unpaired) electrons. The number of hydrogen-bond acceptors (Lipinski definition) is 2. The summed E-state index contributed by atoms with van der Waals surface area (Å²) in [5, 5.41) is 2.72. The first-order chi connectivity index (χ1) is 8.10. The number of amides is 3. The molecule has 1 aliphatic rings. The lowest BCUT2D eigenvalue weighted by molar-refractivity contribution is -0.127. The normalized spacial score (nSPS) is 21.8. The van der Waals surface area contributed by atoms with Gasteiger partial charge in [0.25, 0.3) is 5.91 Å². The molecule has 1 saturated heterocycles. The van der Waals surface area contributed by atoms with E-state index in [1.54, 1.807) is 0 Å². The Morgan fingerprint density at radius 3 is 2.71 bits per heavy atom. The van der Waals surface area contributed by atoms with Crippen molar-refractivity contribution in [1.29, 1.82) is 0 Å².